The summed E-state index contributed by atoms with van der Waals surface area (Å²) in [5.74, 6) is 4.03. The average molecular weight is 252 g/mol. The topological polar surface area (TPSA) is 0 Å². The zero-order chi connectivity index (χ0) is 13.8. The summed E-state index contributed by atoms with van der Waals surface area (Å²) in [6.07, 6.45) is 10.3. The van der Waals surface area contributed by atoms with Gasteiger partial charge in [0.1, 0.15) is 0 Å². The van der Waals surface area contributed by atoms with Crippen molar-refractivity contribution < 1.29 is 0 Å². The molecule has 2 aliphatic rings. The molecule has 2 aliphatic carbocycles. The van der Waals surface area contributed by atoms with Gasteiger partial charge in [-0.05, 0) is 48.3 Å². The second-order valence-corrected chi connectivity index (χ2v) is 8.35. The van der Waals surface area contributed by atoms with Crippen LogP contribution in [0.25, 0.3) is 0 Å². The van der Waals surface area contributed by atoms with Crippen molar-refractivity contribution in [1.29, 1.82) is 0 Å². The van der Waals surface area contributed by atoms with Gasteiger partial charge in [0.05, 0.1) is 0 Å². The highest BCUT2D eigenvalue weighted by molar-refractivity contribution is 4.79. The van der Waals surface area contributed by atoms with Gasteiger partial charge >= 0.3 is 0 Å². The molecule has 0 nitrogen and oxygen atoms in total. The minimum absolute atomic E-state index is 0.556. The Hall–Kier alpha value is 0. The van der Waals surface area contributed by atoms with Crippen LogP contribution in [0, 0.1) is 29.1 Å². The summed E-state index contributed by atoms with van der Waals surface area (Å²) >= 11 is 0. The third kappa shape index (κ3) is 5.76. The predicted octanol–water partition coefficient (Wildman–Crippen LogP) is 6.30. The van der Waals surface area contributed by atoms with Gasteiger partial charge in [0.25, 0.3) is 0 Å². The van der Waals surface area contributed by atoms with Gasteiger partial charge in [-0.2, -0.15) is 0 Å². The molecule has 2 fully saturated rings. The van der Waals surface area contributed by atoms with Crippen LogP contribution >= 0.6 is 0 Å². The van der Waals surface area contributed by atoms with Crippen LogP contribution in [-0.2, 0) is 0 Å². The molecule has 2 atom stereocenters. The van der Waals surface area contributed by atoms with Crippen LogP contribution < -0.4 is 0 Å². The highest BCUT2D eigenvalue weighted by Gasteiger charge is 2.27. The monoisotopic (exact) mass is 252 g/mol. The Balaban J connectivity index is 0.000000199. The van der Waals surface area contributed by atoms with E-state index in [0.717, 1.165) is 23.7 Å². The normalized spacial score (nSPS) is 37.0. The Bertz CT molecular complexity index is 207. The molecule has 18 heavy (non-hydrogen) atoms. The van der Waals surface area contributed by atoms with Crippen molar-refractivity contribution in [2.75, 3.05) is 0 Å². The van der Waals surface area contributed by atoms with Gasteiger partial charge in [0.15, 0.2) is 0 Å². The first kappa shape index (κ1) is 16.1. The smallest absolute Gasteiger partial charge is 0.0354 e. The average Bonchev–Trinajstić information content (AvgIpc) is 2.62. The first-order valence-corrected chi connectivity index (χ1v) is 8.29. The van der Waals surface area contributed by atoms with Crippen molar-refractivity contribution in [3.63, 3.8) is 0 Å². The van der Waals surface area contributed by atoms with Crippen molar-refractivity contribution in [2.24, 2.45) is 29.1 Å². The van der Waals surface area contributed by atoms with Gasteiger partial charge in [-0.15, -0.1) is 0 Å². The van der Waals surface area contributed by atoms with E-state index in [1.807, 2.05) is 0 Å². The van der Waals surface area contributed by atoms with E-state index < -0.39 is 0 Å². The Morgan fingerprint density at radius 1 is 0.611 bits per heavy atom. The first-order valence-electron chi connectivity index (χ1n) is 8.29. The lowest BCUT2D eigenvalue weighted by molar-refractivity contribution is 0.155. The second-order valence-electron chi connectivity index (χ2n) is 8.35. The third-order valence-corrected chi connectivity index (χ3v) is 5.20. The molecule has 0 N–H and O–H groups in total. The number of hydrogen-bond acceptors (Lipinski definition) is 0. The van der Waals surface area contributed by atoms with Gasteiger partial charge in [0.2, 0.25) is 0 Å². The molecule has 0 aromatic heterocycles. The maximum atomic E-state index is 2.39. The van der Waals surface area contributed by atoms with Gasteiger partial charge in [-0.1, -0.05) is 67.2 Å². The maximum absolute atomic E-state index is 2.39. The third-order valence-electron chi connectivity index (χ3n) is 5.20. The van der Waals surface area contributed by atoms with Crippen LogP contribution in [0.1, 0.15) is 86.5 Å². The molecule has 0 aromatic rings. The van der Waals surface area contributed by atoms with Crippen molar-refractivity contribution >= 4 is 0 Å². The summed E-state index contributed by atoms with van der Waals surface area (Å²) in [6.45, 7) is 14.2. The first-order chi connectivity index (χ1) is 8.29. The summed E-state index contributed by atoms with van der Waals surface area (Å²) < 4.78 is 0. The molecule has 0 heterocycles. The fraction of sp³-hybridized carbons (Fsp3) is 1.00. The quantitative estimate of drug-likeness (QED) is 0.474. The Labute approximate surface area is 116 Å². The largest absolute Gasteiger partial charge is 0.0625 e. The van der Waals surface area contributed by atoms with Gasteiger partial charge in [-0.25, -0.2) is 0 Å². The minimum atomic E-state index is 0.556. The van der Waals surface area contributed by atoms with Gasteiger partial charge in [-0.3, -0.25) is 0 Å². The molecule has 0 amide bonds. The van der Waals surface area contributed by atoms with E-state index in [2.05, 4.69) is 41.5 Å². The fourth-order valence-electron chi connectivity index (χ4n) is 3.62. The summed E-state index contributed by atoms with van der Waals surface area (Å²) in [5.41, 5.74) is 0.556. The molecule has 0 saturated heterocycles. The maximum Gasteiger partial charge on any atom is -0.0354 e. The van der Waals surface area contributed by atoms with Crippen LogP contribution in [-0.4, -0.2) is 0 Å². The standard InChI is InChI=1S/C11H22.C7H14/c1-9-5-7-10(8-6-9)11(2,3)4;1-6-3-4-7(2)5-6/h9-10H,5-8H2,1-4H3;6-7H,3-5H2,1-2H3. The molecule has 0 spiro atoms. The molecular formula is C18H36. The van der Waals surface area contributed by atoms with E-state index in [1.54, 1.807) is 0 Å². The molecule has 2 saturated carbocycles. The zero-order valence-corrected chi connectivity index (χ0v) is 13.8. The van der Waals surface area contributed by atoms with E-state index in [-0.39, 0.29) is 0 Å². The lowest BCUT2D eigenvalue weighted by Gasteiger charge is -2.35. The summed E-state index contributed by atoms with van der Waals surface area (Å²) in [4.78, 5) is 0. The molecule has 0 radical (unpaired) electrons. The van der Waals surface area contributed by atoms with Gasteiger partial charge < -0.3 is 0 Å². The van der Waals surface area contributed by atoms with Crippen molar-refractivity contribution in [3.8, 4) is 0 Å². The second kappa shape index (κ2) is 6.96. The highest BCUT2D eigenvalue weighted by Crippen LogP contribution is 2.39. The van der Waals surface area contributed by atoms with Crippen molar-refractivity contribution in [3.05, 3.63) is 0 Å². The molecule has 2 rings (SSSR count). The Kier molecular flexibility index (Phi) is 6.21. The van der Waals surface area contributed by atoms with E-state index in [9.17, 15) is 0 Å². The van der Waals surface area contributed by atoms with Crippen molar-refractivity contribution in [2.45, 2.75) is 86.5 Å². The van der Waals surface area contributed by atoms with E-state index in [1.165, 1.54) is 44.9 Å². The van der Waals surface area contributed by atoms with Crippen LogP contribution in [0.15, 0.2) is 0 Å². The number of hydrogen-bond donors (Lipinski definition) is 0. The Morgan fingerprint density at radius 2 is 1.00 bits per heavy atom. The van der Waals surface area contributed by atoms with Crippen LogP contribution in [0.3, 0.4) is 0 Å². The fourth-order valence-corrected chi connectivity index (χ4v) is 3.62. The summed E-state index contributed by atoms with van der Waals surface area (Å²) in [7, 11) is 0. The van der Waals surface area contributed by atoms with Crippen LogP contribution in [0.4, 0.5) is 0 Å². The number of rotatable bonds is 0. The molecule has 2 unspecified atom stereocenters. The summed E-state index contributed by atoms with van der Waals surface area (Å²) in [6, 6.07) is 0. The molecule has 0 bridgehead atoms. The van der Waals surface area contributed by atoms with Crippen LogP contribution in [0.5, 0.6) is 0 Å². The molecule has 0 heteroatoms. The highest BCUT2D eigenvalue weighted by atomic mass is 14.3. The lowest BCUT2D eigenvalue weighted by Crippen LogP contribution is -2.24. The van der Waals surface area contributed by atoms with Gasteiger partial charge in [0, 0.05) is 0 Å². The minimum Gasteiger partial charge on any atom is -0.0625 e. The molecule has 0 aromatic carbocycles. The van der Waals surface area contributed by atoms with E-state index in [0.29, 0.717) is 5.41 Å². The zero-order valence-electron chi connectivity index (χ0n) is 13.8. The molecule has 108 valence electrons. The van der Waals surface area contributed by atoms with Crippen LogP contribution in [0.2, 0.25) is 0 Å². The Morgan fingerprint density at radius 3 is 1.28 bits per heavy atom. The van der Waals surface area contributed by atoms with Crippen molar-refractivity contribution in [1.82, 2.24) is 0 Å². The SMILES string of the molecule is CC1CCC(C(C)(C)C)CC1.CC1CCC(C)C1. The summed E-state index contributed by atoms with van der Waals surface area (Å²) in [5, 5.41) is 0. The molecule has 0 aliphatic heterocycles. The van der Waals surface area contributed by atoms with E-state index >= 15 is 0 Å². The lowest BCUT2D eigenvalue weighted by atomic mass is 9.70. The predicted molar refractivity (Wildman–Crippen MR) is 82.8 cm³/mol. The molecular weight excluding hydrogens is 216 g/mol. The van der Waals surface area contributed by atoms with E-state index in [4.69, 9.17) is 0 Å².